The Labute approximate surface area is 213 Å². The van der Waals surface area contributed by atoms with Crippen LogP contribution in [0.5, 0.6) is 0 Å². The topological polar surface area (TPSA) is 185 Å². The van der Waals surface area contributed by atoms with Gasteiger partial charge in [0.25, 0.3) is 5.79 Å². The lowest BCUT2D eigenvalue weighted by Crippen LogP contribution is -2.70. The molecule has 1 spiro atoms. The zero-order valence-corrected chi connectivity index (χ0v) is 20.3. The van der Waals surface area contributed by atoms with Gasteiger partial charge in [-0.3, -0.25) is 4.79 Å². The van der Waals surface area contributed by atoms with Crippen LogP contribution in [0.2, 0.25) is 5.02 Å². The number of epoxide rings is 1. The first-order valence-electron chi connectivity index (χ1n) is 11.7. The third-order valence-electron chi connectivity index (χ3n) is 8.78. The number of hydrogen-bond acceptors (Lipinski definition) is 12. The molecule has 1 saturated carbocycles. The van der Waals surface area contributed by atoms with Crippen molar-refractivity contribution in [2.45, 2.75) is 72.6 Å². The third-order valence-corrected chi connectivity index (χ3v) is 9.09. The number of esters is 1. The number of ketones is 1. The number of aliphatic hydroxyl groups is 5. The number of halogens is 1. The zero-order chi connectivity index (χ0) is 26.4. The third kappa shape index (κ3) is 2.32. The molecule has 7 rings (SSSR count). The van der Waals surface area contributed by atoms with Crippen molar-refractivity contribution in [1.82, 2.24) is 0 Å². The monoisotopic (exact) mass is 538 g/mol. The zero-order valence-electron chi connectivity index (χ0n) is 19.5. The van der Waals surface area contributed by atoms with E-state index in [0.717, 1.165) is 7.11 Å². The van der Waals surface area contributed by atoms with Crippen molar-refractivity contribution >= 4 is 23.4 Å². The second-order valence-corrected chi connectivity index (χ2v) is 10.8. The van der Waals surface area contributed by atoms with Crippen LogP contribution in [0, 0.1) is 0 Å². The summed E-state index contributed by atoms with van der Waals surface area (Å²) in [4.78, 5) is 26.6. The van der Waals surface area contributed by atoms with Crippen LogP contribution in [0.25, 0.3) is 0 Å². The summed E-state index contributed by atoms with van der Waals surface area (Å²) >= 11 is 6.54. The average molecular weight is 539 g/mol. The van der Waals surface area contributed by atoms with E-state index in [2.05, 4.69) is 0 Å². The van der Waals surface area contributed by atoms with E-state index in [0.29, 0.717) is 0 Å². The minimum absolute atomic E-state index is 0.0480. The van der Waals surface area contributed by atoms with Crippen molar-refractivity contribution < 1.29 is 58.8 Å². The van der Waals surface area contributed by atoms with Gasteiger partial charge in [0.2, 0.25) is 0 Å². The molecule has 2 saturated heterocycles. The average Bonchev–Trinajstić information content (AvgIpc) is 3.52. The van der Waals surface area contributed by atoms with Crippen LogP contribution in [0.3, 0.4) is 0 Å². The summed E-state index contributed by atoms with van der Waals surface area (Å²) in [6, 6.07) is 2.74. The lowest BCUT2D eigenvalue weighted by molar-refractivity contribution is -0.387. The molecular formula is C24H23ClO12. The van der Waals surface area contributed by atoms with Gasteiger partial charge in [-0.25, -0.2) is 4.79 Å². The van der Waals surface area contributed by atoms with Gasteiger partial charge in [0.05, 0.1) is 6.10 Å². The van der Waals surface area contributed by atoms with Gasteiger partial charge in [-0.2, -0.15) is 0 Å². The van der Waals surface area contributed by atoms with E-state index in [1.807, 2.05) is 0 Å². The lowest BCUT2D eigenvalue weighted by Gasteiger charge is -2.55. The number of cyclic esters (lactones) is 1. The van der Waals surface area contributed by atoms with Gasteiger partial charge in [-0.15, -0.1) is 0 Å². The SMILES string of the molecule is COC1C(=O)OCC(O)c2cc(Cl)c3c(c2)C24OC5(O)C(=C(C)C(=O)C16OC56)OC2(C(O)CC4O)C3O. The van der Waals surface area contributed by atoms with Crippen LogP contribution < -0.4 is 0 Å². The number of carbonyl (C=O) groups excluding carboxylic acids is 2. The van der Waals surface area contributed by atoms with Gasteiger partial charge in [0, 0.05) is 29.7 Å². The van der Waals surface area contributed by atoms with Crippen LogP contribution in [0.4, 0.5) is 0 Å². The van der Waals surface area contributed by atoms with Crippen LogP contribution >= 0.6 is 11.6 Å². The number of hydrogen-bond donors (Lipinski definition) is 5. The fourth-order valence-corrected chi connectivity index (χ4v) is 7.45. The first-order valence-corrected chi connectivity index (χ1v) is 12.1. The highest BCUT2D eigenvalue weighted by Crippen LogP contribution is 2.71. The number of aliphatic hydroxyl groups excluding tert-OH is 4. The number of ether oxygens (including phenoxy) is 5. The predicted octanol–water partition coefficient (Wildman–Crippen LogP) is -1.22. The molecule has 1 aromatic carbocycles. The summed E-state index contributed by atoms with van der Waals surface area (Å²) in [5.74, 6) is -4.78. The summed E-state index contributed by atoms with van der Waals surface area (Å²) < 4.78 is 28.8. The molecule has 3 fully saturated rings. The molecular weight excluding hydrogens is 516 g/mol. The molecule has 0 amide bonds. The Hall–Kier alpha value is -2.13. The molecule has 6 aliphatic rings. The van der Waals surface area contributed by atoms with Gasteiger partial charge in [0.15, 0.2) is 40.6 Å². The van der Waals surface area contributed by atoms with E-state index >= 15 is 0 Å². The molecule has 10 atom stereocenters. The second kappa shape index (κ2) is 6.89. The highest BCUT2D eigenvalue weighted by molar-refractivity contribution is 6.31. The van der Waals surface area contributed by atoms with Crippen molar-refractivity contribution in [2.24, 2.45) is 0 Å². The molecule has 5 N–H and O–H groups in total. The van der Waals surface area contributed by atoms with E-state index in [1.54, 1.807) is 0 Å². The molecule has 3 aliphatic carbocycles. The normalized spacial score (nSPS) is 49.1. The van der Waals surface area contributed by atoms with Crippen molar-refractivity contribution in [3.05, 3.63) is 45.2 Å². The Morgan fingerprint density at radius 2 is 1.86 bits per heavy atom. The van der Waals surface area contributed by atoms with E-state index in [4.69, 9.17) is 35.3 Å². The molecule has 3 heterocycles. The Morgan fingerprint density at radius 3 is 2.57 bits per heavy atom. The van der Waals surface area contributed by atoms with Gasteiger partial charge >= 0.3 is 5.97 Å². The number of carbonyl (C=O) groups is 2. The number of benzene rings is 1. The van der Waals surface area contributed by atoms with Gasteiger partial charge in [-0.05, 0) is 30.2 Å². The van der Waals surface area contributed by atoms with Crippen molar-refractivity contribution in [1.29, 1.82) is 0 Å². The van der Waals surface area contributed by atoms with Crippen LogP contribution in [-0.4, -0.2) is 92.4 Å². The van der Waals surface area contributed by atoms with Crippen LogP contribution in [-0.2, 0) is 38.9 Å². The molecule has 37 heavy (non-hydrogen) atoms. The summed E-state index contributed by atoms with van der Waals surface area (Å²) in [5, 5.41) is 57.0. The van der Waals surface area contributed by atoms with E-state index in [9.17, 15) is 35.1 Å². The van der Waals surface area contributed by atoms with E-state index < -0.39 is 83.3 Å². The first kappa shape index (κ1) is 23.9. The molecule has 13 heteroatoms. The molecule has 3 aliphatic heterocycles. The predicted molar refractivity (Wildman–Crippen MR) is 117 cm³/mol. The van der Waals surface area contributed by atoms with Crippen molar-refractivity contribution in [3.8, 4) is 0 Å². The number of fused-ring (bicyclic) bond motifs is 1. The second-order valence-electron chi connectivity index (χ2n) is 10.4. The molecule has 198 valence electrons. The molecule has 10 unspecified atom stereocenters. The Morgan fingerprint density at radius 1 is 1.14 bits per heavy atom. The molecule has 5 bridgehead atoms. The highest BCUT2D eigenvalue weighted by Gasteiger charge is 2.88. The first-order chi connectivity index (χ1) is 17.4. The number of rotatable bonds is 1. The van der Waals surface area contributed by atoms with Crippen LogP contribution in [0.15, 0.2) is 23.5 Å². The molecule has 12 nitrogen and oxygen atoms in total. The Kier molecular flexibility index (Phi) is 4.46. The molecule has 1 aromatic rings. The van der Waals surface area contributed by atoms with Crippen molar-refractivity contribution in [3.63, 3.8) is 0 Å². The minimum Gasteiger partial charge on any atom is -0.476 e. The maximum atomic E-state index is 13.6. The maximum Gasteiger partial charge on any atom is 0.339 e. The fourth-order valence-electron chi connectivity index (χ4n) is 7.12. The minimum atomic E-state index is -2.56. The Bertz CT molecular complexity index is 1330. The quantitative estimate of drug-likeness (QED) is 0.212. The summed E-state index contributed by atoms with van der Waals surface area (Å²) in [7, 11) is 1.15. The van der Waals surface area contributed by atoms with Gasteiger partial charge in [-0.1, -0.05) is 11.6 Å². The van der Waals surface area contributed by atoms with Gasteiger partial charge in [0.1, 0.15) is 24.9 Å². The fraction of sp³-hybridized carbons (Fsp3) is 0.583. The Balaban J connectivity index is 1.57. The number of methoxy groups -OCH3 is 1. The highest BCUT2D eigenvalue weighted by atomic mass is 35.5. The maximum absolute atomic E-state index is 13.6. The standard InChI is InChI=1S/C24H23ClO12/c1-7-15(29)21-18(33-2)19(31)34-6-11(26)8-3-9-14(10(25)4-8)16(30)23-13(28)5-12(27)22(9,23)37-24(32,17(7)35-23)20(21)36-21/h3-4,11-13,16,18,20,26-28,30,32H,5-6H2,1-2H3. The summed E-state index contributed by atoms with van der Waals surface area (Å²) in [6.45, 7) is 0.753. The van der Waals surface area contributed by atoms with E-state index in [-0.39, 0.29) is 33.7 Å². The lowest BCUT2D eigenvalue weighted by atomic mass is 9.75. The number of Topliss-reactive ketones (excluding diaryl/α,β-unsaturated/α-hetero) is 1. The molecule has 0 aromatic heterocycles. The summed E-state index contributed by atoms with van der Waals surface area (Å²) in [5.41, 5.74) is -6.23. The largest absolute Gasteiger partial charge is 0.476 e. The smallest absolute Gasteiger partial charge is 0.339 e. The van der Waals surface area contributed by atoms with Crippen LogP contribution in [0.1, 0.15) is 42.2 Å². The summed E-state index contributed by atoms with van der Waals surface area (Å²) in [6.07, 6.45) is -9.68. The molecule has 0 radical (unpaired) electrons. The van der Waals surface area contributed by atoms with E-state index in [1.165, 1.54) is 19.1 Å². The van der Waals surface area contributed by atoms with Gasteiger partial charge < -0.3 is 49.2 Å². The van der Waals surface area contributed by atoms with Crippen molar-refractivity contribution in [2.75, 3.05) is 13.7 Å².